The van der Waals surface area contributed by atoms with Crippen LogP contribution in [0.1, 0.15) is 53.5 Å². The summed E-state index contributed by atoms with van der Waals surface area (Å²) < 4.78 is 0. The number of nitrogens with one attached hydrogen (secondary N) is 1. The summed E-state index contributed by atoms with van der Waals surface area (Å²) in [5.74, 6) is 0. The fourth-order valence-corrected chi connectivity index (χ4v) is 3.52. The van der Waals surface area contributed by atoms with Crippen molar-refractivity contribution in [1.82, 2.24) is 10.2 Å². The lowest BCUT2D eigenvalue weighted by Crippen LogP contribution is -2.60. The summed E-state index contributed by atoms with van der Waals surface area (Å²) in [5.41, 5.74) is 1.95. The SMILES string of the molecule is C[C@H]1[C@H](NC(C)(C)C)CC(C)(C)CN1Cc1ccccc1. The molecule has 2 atom stereocenters. The van der Waals surface area contributed by atoms with E-state index in [1.807, 2.05) is 0 Å². The standard InChI is InChI=1S/C19H32N2/c1-15-17(20-18(2,3)4)12-19(5,6)14-21(15)13-16-10-8-7-9-11-16/h7-11,15,17,20H,12-14H2,1-6H3/t15-,17+/m0/s1. The molecule has 1 heterocycles. The highest BCUT2D eigenvalue weighted by Crippen LogP contribution is 2.33. The van der Waals surface area contributed by atoms with Gasteiger partial charge in [0.05, 0.1) is 0 Å². The van der Waals surface area contributed by atoms with Crippen LogP contribution in [0.5, 0.6) is 0 Å². The number of nitrogens with zero attached hydrogens (tertiary/aromatic N) is 1. The van der Waals surface area contributed by atoms with Gasteiger partial charge < -0.3 is 5.32 Å². The highest BCUT2D eigenvalue weighted by atomic mass is 15.2. The number of hydrogen-bond donors (Lipinski definition) is 1. The highest BCUT2D eigenvalue weighted by molar-refractivity contribution is 5.15. The second kappa shape index (κ2) is 6.10. The van der Waals surface area contributed by atoms with Gasteiger partial charge in [-0.2, -0.15) is 0 Å². The third-order valence-electron chi connectivity index (χ3n) is 4.41. The van der Waals surface area contributed by atoms with Crippen molar-refractivity contribution in [2.45, 2.75) is 72.1 Å². The smallest absolute Gasteiger partial charge is 0.0237 e. The van der Waals surface area contributed by atoms with Gasteiger partial charge in [0.1, 0.15) is 0 Å². The third-order valence-corrected chi connectivity index (χ3v) is 4.41. The maximum Gasteiger partial charge on any atom is 0.0237 e. The number of rotatable bonds is 3. The average molecular weight is 288 g/mol. The van der Waals surface area contributed by atoms with Crippen LogP contribution in [0.4, 0.5) is 0 Å². The number of likely N-dealkylation sites (tertiary alicyclic amines) is 1. The zero-order chi connectivity index (χ0) is 15.7. The second-order valence-corrected chi connectivity index (χ2v) is 8.50. The van der Waals surface area contributed by atoms with Gasteiger partial charge in [0.25, 0.3) is 0 Å². The molecule has 0 unspecified atom stereocenters. The molecule has 0 aliphatic carbocycles. The quantitative estimate of drug-likeness (QED) is 0.902. The summed E-state index contributed by atoms with van der Waals surface area (Å²) in [6.45, 7) is 16.2. The third kappa shape index (κ3) is 4.82. The van der Waals surface area contributed by atoms with Crippen LogP contribution in [0, 0.1) is 5.41 Å². The average Bonchev–Trinajstić information content (AvgIpc) is 2.34. The van der Waals surface area contributed by atoms with Gasteiger partial charge in [-0.3, -0.25) is 4.90 Å². The van der Waals surface area contributed by atoms with Crippen LogP contribution in [0.15, 0.2) is 30.3 Å². The lowest BCUT2D eigenvalue weighted by Gasteiger charge is -2.49. The molecule has 0 spiro atoms. The Labute approximate surface area is 130 Å². The molecule has 1 aromatic rings. The Morgan fingerprint density at radius 3 is 2.38 bits per heavy atom. The summed E-state index contributed by atoms with van der Waals surface area (Å²) in [6, 6.07) is 12.0. The Hall–Kier alpha value is -0.860. The molecule has 21 heavy (non-hydrogen) atoms. The van der Waals surface area contributed by atoms with Crippen LogP contribution in [0.2, 0.25) is 0 Å². The minimum absolute atomic E-state index is 0.171. The Balaban J connectivity index is 2.12. The van der Waals surface area contributed by atoms with Gasteiger partial charge in [-0.15, -0.1) is 0 Å². The second-order valence-electron chi connectivity index (χ2n) is 8.50. The molecule has 0 aromatic heterocycles. The molecule has 2 heteroatoms. The molecule has 1 N–H and O–H groups in total. The summed E-state index contributed by atoms with van der Waals surface area (Å²) in [7, 11) is 0. The van der Waals surface area contributed by atoms with Gasteiger partial charge in [-0.1, -0.05) is 44.2 Å². The van der Waals surface area contributed by atoms with E-state index in [9.17, 15) is 0 Å². The van der Waals surface area contributed by atoms with E-state index in [4.69, 9.17) is 0 Å². The molecule has 1 aliphatic rings. The Kier molecular flexibility index (Phi) is 4.79. The van der Waals surface area contributed by atoms with Gasteiger partial charge in [0.15, 0.2) is 0 Å². The predicted octanol–water partition coefficient (Wildman–Crippen LogP) is 4.06. The van der Waals surface area contributed by atoms with E-state index >= 15 is 0 Å². The minimum atomic E-state index is 0.171. The van der Waals surface area contributed by atoms with E-state index in [1.165, 1.54) is 18.5 Å². The van der Waals surface area contributed by atoms with Crippen LogP contribution in [0.25, 0.3) is 0 Å². The highest BCUT2D eigenvalue weighted by Gasteiger charge is 2.38. The van der Waals surface area contributed by atoms with Crippen LogP contribution in [-0.4, -0.2) is 29.1 Å². The molecular formula is C19H32N2. The number of benzene rings is 1. The van der Waals surface area contributed by atoms with Crippen LogP contribution in [0.3, 0.4) is 0 Å². The molecule has 1 fully saturated rings. The molecule has 1 aliphatic heterocycles. The first kappa shape index (κ1) is 16.5. The summed E-state index contributed by atoms with van der Waals surface area (Å²) >= 11 is 0. The molecule has 0 bridgehead atoms. The fraction of sp³-hybridized carbons (Fsp3) is 0.684. The maximum atomic E-state index is 3.84. The Morgan fingerprint density at radius 2 is 1.81 bits per heavy atom. The molecule has 2 rings (SSSR count). The van der Waals surface area contributed by atoms with Crippen molar-refractivity contribution < 1.29 is 0 Å². The fourth-order valence-electron chi connectivity index (χ4n) is 3.52. The van der Waals surface area contributed by atoms with Crippen molar-refractivity contribution in [2.24, 2.45) is 5.41 Å². The van der Waals surface area contributed by atoms with E-state index in [2.05, 4.69) is 82.1 Å². The predicted molar refractivity (Wildman–Crippen MR) is 91.4 cm³/mol. The normalized spacial score (nSPS) is 26.8. The Bertz CT molecular complexity index is 442. The van der Waals surface area contributed by atoms with E-state index in [1.54, 1.807) is 0 Å². The first-order valence-electron chi connectivity index (χ1n) is 8.22. The van der Waals surface area contributed by atoms with Gasteiger partial charge in [0, 0.05) is 30.7 Å². The zero-order valence-corrected chi connectivity index (χ0v) is 14.6. The van der Waals surface area contributed by atoms with Crippen LogP contribution in [-0.2, 0) is 6.54 Å². The molecule has 1 aromatic carbocycles. The molecular weight excluding hydrogens is 256 g/mol. The van der Waals surface area contributed by atoms with Crippen molar-refractivity contribution in [1.29, 1.82) is 0 Å². The van der Waals surface area contributed by atoms with E-state index in [0.29, 0.717) is 17.5 Å². The van der Waals surface area contributed by atoms with E-state index < -0.39 is 0 Å². The molecule has 2 nitrogen and oxygen atoms in total. The molecule has 0 saturated carbocycles. The van der Waals surface area contributed by atoms with Crippen molar-refractivity contribution in [3.63, 3.8) is 0 Å². The summed E-state index contributed by atoms with van der Waals surface area (Å²) in [4.78, 5) is 2.64. The lowest BCUT2D eigenvalue weighted by atomic mass is 9.78. The van der Waals surface area contributed by atoms with Gasteiger partial charge in [-0.05, 0) is 45.1 Å². The van der Waals surface area contributed by atoms with Crippen molar-refractivity contribution in [3.05, 3.63) is 35.9 Å². The van der Waals surface area contributed by atoms with Crippen LogP contribution < -0.4 is 5.32 Å². The van der Waals surface area contributed by atoms with E-state index in [-0.39, 0.29) is 5.54 Å². The van der Waals surface area contributed by atoms with Crippen molar-refractivity contribution >= 4 is 0 Å². The lowest BCUT2D eigenvalue weighted by molar-refractivity contribution is 0.0282. The van der Waals surface area contributed by atoms with Crippen LogP contribution >= 0.6 is 0 Å². The first-order valence-corrected chi connectivity index (χ1v) is 8.22. The van der Waals surface area contributed by atoms with Gasteiger partial charge >= 0.3 is 0 Å². The molecule has 118 valence electrons. The molecule has 0 radical (unpaired) electrons. The van der Waals surface area contributed by atoms with Gasteiger partial charge in [-0.25, -0.2) is 0 Å². The summed E-state index contributed by atoms with van der Waals surface area (Å²) in [5, 5.41) is 3.84. The van der Waals surface area contributed by atoms with Crippen molar-refractivity contribution in [2.75, 3.05) is 6.54 Å². The first-order chi connectivity index (χ1) is 9.66. The molecule has 1 saturated heterocycles. The topological polar surface area (TPSA) is 15.3 Å². The van der Waals surface area contributed by atoms with Gasteiger partial charge in [0.2, 0.25) is 0 Å². The zero-order valence-electron chi connectivity index (χ0n) is 14.6. The monoisotopic (exact) mass is 288 g/mol. The number of piperidine rings is 1. The van der Waals surface area contributed by atoms with E-state index in [0.717, 1.165) is 6.54 Å². The Morgan fingerprint density at radius 1 is 1.19 bits per heavy atom. The number of hydrogen-bond acceptors (Lipinski definition) is 2. The maximum absolute atomic E-state index is 3.84. The molecule has 0 amide bonds. The van der Waals surface area contributed by atoms with Crippen molar-refractivity contribution in [3.8, 4) is 0 Å². The largest absolute Gasteiger partial charge is 0.308 e. The summed E-state index contributed by atoms with van der Waals surface area (Å²) in [6.07, 6.45) is 1.25. The minimum Gasteiger partial charge on any atom is -0.308 e.